The molecule has 1 aliphatic rings. The van der Waals surface area contributed by atoms with Gasteiger partial charge in [0.05, 0.1) is 0 Å². The molecule has 5 nitrogen and oxygen atoms in total. The van der Waals surface area contributed by atoms with Gasteiger partial charge in [-0.15, -0.1) is 0 Å². The molecule has 0 saturated carbocycles. The molecule has 1 aliphatic heterocycles. The predicted molar refractivity (Wildman–Crippen MR) is 74.8 cm³/mol. The second kappa shape index (κ2) is 5.54. The molecule has 1 aromatic rings. The number of nitrogens with one attached hydrogen (secondary N) is 1. The number of anilines is 1. The molecule has 0 aliphatic carbocycles. The average molecular weight is 259 g/mol. The van der Waals surface area contributed by atoms with Crippen LogP contribution in [0, 0.1) is 23.7 Å². The minimum atomic E-state index is 0.284. The lowest BCUT2D eigenvalue weighted by Crippen LogP contribution is -2.40. The van der Waals surface area contributed by atoms with Crippen LogP contribution in [-0.2, 0) is 0 Å². The molecule has 1 saturated heterocycles. The molecule has 0 amide bonds. The smallest absolute Gasteiger partial charge is 0.224 e. The minimum absolute atomic E-state index is 0.284. The summed E-state index contributed by atoms with van der Waals surface area (Å²) in [6.45, 7) is 7.31. The molecule has 0 radical (unpaired) electrons. The SMILES string of the molecule is Cc1cc(C#N)nc(NCC2(C)CCN(C)CC2)n1. The molecule has 2 heterocycles. The molecule has 2 rings (SSSR count). The van der Waals surface area contributed by atoms with E-state index in [2.05, 4.69) is 40.2 Å². The van der Waals surface area contributed by atoms with E-state index < -0.39 is 0 Å². The van der Waals surface area contributed by atoms with Crippen molar-refractivity contribution in [2.75, 3.05) is 32.0 Å². The van der Waals surface area contributed by atoms with Crippen LogP contribution < -0.4 is 5.32 Å². The van der Waals surface area contributed by atoms with Gasteiger partial charge >= 0.3 is 0 Å². The van der Waals surface area contributed by atoms with Crippen LogP contribution in [0.2, 0.25) is 0 Å². The van der Waals surface area contributed by atoms with E-state index in [0.717, 1.165) is 25.3 Å². The van der Waals surface area contributed by atoms with E-state index in [4.69, 9.17) is 5.26 Å². The number of piperidine rings is 1. The minimum Gasteiger partial charge on any atom is -0.354 e. The molecule has 0 unspecified atom stereocenters. The van der Waals surface area contributed by atoms with E-state index in [1.165, 1.54) is 12.8 Å². The van der Waals surface area contributed by atoms with Gasteiger partial charge in [0.15, 0.2) is 0 Å². The zero-order valence-electron chi connectivity index (χ0n) is 11.9. The monoisotopic (exact) mass is 259 g/mol. The van der Waals surface area contributed by atoms with Gasteiger partial charge in [0.25, 0.3) is 0 Å². The highest BCUT2D eigenvalue weighted by Gasteiger charge is 2.28. The number of nitriles is 1. The van der Waals surface area contributed by atoms with Crippen molar-refractivity contribution in [2.24, 2.45) is 5.41 Å². The Morgan fingerprint density at radius 1 is 1.42 bits per heavy atom. The third kappa shape index (κ3) is 3.65. The van der Waals surface area contributed by atoms with E-state index in [0.29, 0.717) is 11.6 Å². The van der Waals surface area contributed by atoms with Gasteiger partial charge in [-0.2, -0.15) is 5.26 Å². The first kappa shape index (κ1) is 13.8. The van der Waals surface area contributed by atoms with Gasteiger partial charge in [0, 0.05) is 12.2 Å². The van der Waals surface area contributed by atoms with Gasteiger partial charge in [-0.1, -0.05) is 6.92 Å². The normalized spacial score (nSPS) is 18.8. The van der Waals surface area contributed by atoms with Gasteiger partial charge in [-0.25, -0.2) is 9.97 Å². The standard InChI is InChI=1S/C14H21N5/c1-11-8-12(9-15)18-13(17-11)16-10-14(2)4-6-19(3)7-5-14/h8H,4-7,10H2,1-3H3,(H,16,17,18). The molecule has 1 fully saturated rings. The number of hydrogen-bond donors (Lipinski definition) is 1. The van der Waals surface area contributed by atoms with Crippen molar-refractivity contribution < 1.29 is 0 Å². The number of aryl methyl sites for hydroxylation is 1. The second-order valence-corrected chi connectivity index (χ2v) is 5.80. The van der Waals surface area contributed by atoms with Crippen molar-refractivity contribution in [1.82, 2.24) is 14.9 Å². The first-order chi connectivity index (χ1) is 9.00. The Bertz CT molecular complexity index is 483. The van der Waals surface area contributed by atoms with Gasteiger partial charge in [0.1, 0.15) is 11.8 Å². The molecular weight excluding hydrogens is 238 g/mol. The molecule has 0 atom stereocenters. The Labute approximate surface area is 114 Å². The van der Waals surface area contributed by atoms with Crippen molar-refractivity contribution in [3.63, 3.8) is 0 Å². The fraction of sp³-hybridized carbons (Fsp3) is 0.643. The molecule has 1 N–H and O–H groups in total. The summed E-state index contributed by atoms with van der Waals surface area (Å²) in [6.07, 6.45) is 2.35. The Morgan fingerprint density at radius 2 is 2.11 bits per heavy atom. The third-order valence-corrected chi connectivity index (χ3v) is 3.84. The summed E-state index contributed by atoms with van der Waals surface area (Å²) in [4.78, 5) is 10.9. The van der Waals surface area contributed by atoms with Gasteiger partial charge < -0.3 is 10.2 Å². The van der Waals surface area contributed by atoms with Crippen LogP contribution in [0.1, 0.15) is 31.2 Å². The van der Waals surface area contributed by atoms with E-state index in [1.54, 1.807) is 6.07 Å². The van der Waals surface area contributed by atoms with Gasteiger partial charge in [-0.05, 0) is 51.4 Å². The fourth-order valence-electron chi connectivity index (χ4n) is 2.33. The summed E-state index contributed by atoms with van der Waals surface area (Å²) in [5, 5.41) is 12.2. The molecule has 1 aromatic heterocycles. The lowest BCUT2D eigenvalue weighted by molar-refractivity contribution is 0.150. The van der Waals surface area contributed by atoms with Crippen molar-refractivity contribution in [1.29, 1.82) is 5.26 Å². The largest absolute Gasteiger partial charge is 0.354 e. The van der Waals surface area contributed by atoms with Crippen molar-refractivity contribution in [3.8, 4) is 6.07 Å². The highest BCUT2D eigenvalue weighted by Crippen LogP contribution is 2.30. The Morgan fingerprint density at radius 3 is 2.74 bits per heavy atom. The average Bonchev–Trinajstić information content (AvgIpc) is 2.40. The maximum absolute atomic E-state index is 8.91. The summed E-state index contributed by atoms with van der Waals surface area (Å²) >= 11 is 0. The second-order valence-electron chi connectivity index (χ2n) is 5.80. The number of likely N-dealkylation sites (tertiary alicyclic amines) is 1. The Hall–Kier alpha value is -1.67. The number of aromatic nitrogens is 2. The number of nitrogens with zero attached hydrogens (tertiary/aromatic N) is 4. The quantitative estimate of drug-likeness (QED) is 0.896. The molecular formula is C14H21N5. The maximum atomic E-state index is 8.91. The summed E-state index contributed by atoms with van der Waals surface area (Å²) in [7, 11) is 2.16. The zero-order valence-corrected chi connectivity index (χ0v) is 11.9. The third-order valence-electron chi connectivity index (χ3n) is 3.84. The van der Waals surface area contributed by atoms with Crippen LogP contribution in [0.15, 0.2) is 6.07 Å². The molecule has 102 valence electrons. The van der Waals surface area contributed by atoms with E-state index in [9.17, 15) is 0 Å². The summed E-state index contributed by atoms with van der Waals surface area (Å²) < 4.78 is 0. The molecule has 5 heteroatoms. The van der Waals surface area contributed by atoms with Gasteiger partial charge in [0.2, 0.25) is 5.95 Å². The first-order valence-electron chi connectivity index (χ1n) is 6.69. The van der Waals surface area contributed by atoms with Crippen LogP contribution in [0.3, 0.4) is 0 Å². The molecule has 0 spiro atoms. The number of rotatable bonds is 3. The van der Waals surface area contributed by atoms with Crippen LogP contribution in [0.5, 0.6) is 0 Å². The van der Waals surface area contributed by atoms with E-state index in [-0.39, 0.29) is 5.41 Å². The van der Waals surface area contributed by atoms with E-state index in [1.807, 2.05) is 6.92 Å². The van der Waals surface area contributed by atoms with Crippen molar-refractivity contribution in [2.45, 2.75) is 26.7 Å². The van der Waals surface area contributed by atoms with Crippen LogP contribution in [0.4, 0.5) is 5.95 Å². The lowest BCUT2D eigenvalue weighted by atomic mass is 9.80. The Kier molecular flexibility index (Phi) is 4.01. The van der Waals surface area contributed by atoms with E-state index >= 15 is 0 Å². The van der Waals surface area contributed by atoms with Crippen molar-refractivity contribution in [3.05, 3.63) is 17.5 Å². The van der Waals surface area contributed by atoms with Crippen LogP contribution in [0.25, 0.3) is 0 Å². The summed E-state index contributed by atoms with van der Waals surface area (Å²) in [5.74, 6) is 0.566. The van der Waals surface area contributed by atoms with Gasteiger partial charge in [-0.3, -0.25) is 0 Å². The highest BCUT2D eigenvalue weighted by molar-refractivity contribution is 5.33. The Balaban J connectivity index is 1.99. The zero-order chi connectivity index (χ0) is 13.9. The predicted octanol–water partition coefficient (Wildman–Crippen LogP) is 1.80. The van der Waals surface area contributed by atoms with Crippen LogP contribution in [-0.4, -0.2) is 41.5 Å². The van der Waals surface area contributed by atoms with Crippen molar-refractivity contribution >= 4 is 5.95 Å². The maximum Gasteiger partial charge on any atom is 0.224 e. The summed E-state index contributed by atoms with van der Waals surface area (Å²) in [5.41, 5.74) is 1.53. The molecule has 19 heavy (non-hydrogen) atoms. The topological polar surface area (TPSA) is 64.8 Å². The molecule has 0 aromatic carbocycles. The van der Waals surface area contributed by atoms with Crippen LogP contribution >= 0.6 is 0 Å². The molecule has 0 bridgehead atoms. The fourth-order valence-corrected chi connectivity index (χ4v) is 2.33. The highest BCUT2D eigenvalue weighted by atomic mass is 15.1. The summed E-state index contributed by atoms with van der Waals surface area (Å²) in [6, 6.07) is 3.76. The number of hydrogen-bond acceptors (Lipinski definition) is 5. The lowest BCUT2D eigenvalue weighted by Gasteiger charge is -2.37. The first-order valence-corrected chi connectivity index (χ1v) is 6.69.